The summed E-state index contributed by atoms with van der Waals surface area (Å²) < 4.78 is 1.85. The van der Waals surface area contributed by atoms with Gasteiger partial charge in [-0.15, -0.1) is 5.10 Å². The molecule has 2 unspecified atom stereocenters. The van der Waals surface area contributed by atoms with E-state index in [9.17, 15) is 0 Å². The van der Waals surface area contributed by atoms with Crippen molar-refractivity contribution in [3.8, 4) is 0 Å². The van der Waals surface area contributed by atoms with Crippen LogP contribution in [0.2, 0.25) is 0 Å². The van der Waals surface area contributed by atoms with Gasteiger partial charge in [0, 0.05) is 31.7 Å². The molecule has 2 aliphatic rings. The van der Waals surface area contributed by atoms with Crippen molar-refractivity contribution >= 4 is 0 Å². The first-order valence-electron chi connectivity index (χ1n) is 7.03. The lowest BCUT2D eigenvalue weighted by Gasteiger charge is -2.47. The van der Waals surface area contributed by atoms with Crippen LogP contribution in [0, 0.1) is 0 Å². The highest BCUT2D eigenvalue weighted by Gasteiger charge is 2.35. The van der Waals surface area contributed by atoms with Gasteiger partial charge in [0.25, 0.3) is 0 Å². The van der Waals surface area contributed by atoms with Gasteiger partial charge < -0.3 is 10.2 Å². The zero-order chi connectivity index (χ0) is 12.5. The molecule has 0 radical (unpaired) electrons. The van der Waals surface area contributed by atoms with Gasteiger partial charge in [-0.25, -0.2) is 0 Å². The van der Waals surface area contributed by atoms with Gasteiger partial charge in [0.05, 0.1) is 11.9 Å². The van der Waals surface area contributed by atoms with Gasteiger partial charge in [0.1, 0.15) is 0 Å². The van der Waals surface area contributed by atoms with Crippen LogP contribution >= 0.6 is 0 Å². The van der Waals surface area contributed by atoms with E-state index in [1.165, 1.54) is 37.8 Å². The van der Waals surface area contributed by atoms with Crippen molar-refractivity contribution in [2.45, 2.75) is 56.8 Å². The van der Waals surface area contributed by atoms with Crippen LogP contribution in [0.25, 0.3) is 0 Å². The van der Waals surface area contributed by atoms with Crippen molar-refractivity contribution < 1.29 is 0 Å². The summed E-state index contributed by atoms with van der Waals surface area (Å²) in [5.41, 5.74) is 1.17. The van der Waals surface area contributed by atoms with E-state index in [4.69, 9.17) is 0 Å². The number of aryl methyl sites for hydroxylation is 1. The molecule has 2 atom stereocenters. The molecule has 3 heterocycles. The molecule has 0 aliphatic carbocycles. The van der Waals surface area contributed by atoms with E-state index in [1.807, 2.05) is 17.9 Å². The Morgan fingerprint density at radius 1 is 1.28 bits per heavy atom. The van der Waals surface area contributed by atoms with Crippen LogP contribution in [0.3, 0.4) is 0 Å². The fourth-order valence-corrected chi connectivity index (χ4v) is 3.50. The van der Waals surface area contributed by atoms with Gasteiger partial charge in [-0.05, 0) is 32.7 Å². The molecule has 2 saturated heterocycles. The van der Waals surface area contributed by atoms with E-state index in [1.54, 1.807) is 0 Å². The second-order valence-electron chi connectivity index (χ2n) is 5.80. The average molecular weight is 249 g/mol. The van der Waals surface area contributed by atoms with Gasteiger partial charge >= 0.3 is 0 Å². The summed E-state index contributed by atoms with van der Waals surface area (Å²) in [5, 5.41) is 11.6. The van der Waals surface area contributed by atoms with Crippen molar-refractivity contribution in [2.24, 2.45) is 7.05 Å². The van der Waals surface area contributed by atoms with Crippen molar-refractivity contribution in [1.29, 1.82) is 0 Å². The van der Waals surface area contributed by atoms with Gasteiger partial charge in [-0.3, -0.25) is 4.68 Å². The summed E-state index contributed by atoms with van der Waals surface area (Å²) in [6.45, 7) is 0.886. The number of rotatable bonds is 3. The molecule has 2 bridgehead atoms. The van der Waals surface area contributed by atoms with Crippen molar-refractivity contribution in [1.82, 2.24) is 25.2 Å². The third-order valence-corrected chi connectivity index (χ3v) is 4.72. The average Bonchev–Trinajstić information content (AvgIpc) is 2.73. The Morgan fingerprint density at radius 2 is 2.00 bits per heavy atom. The Morgan fingerprint density at radius 3 is 2.61 bits per heavy atom. The standard InChI is InChI=1S/C13H23N5/c1-17-11-4-3-5-12(17)7-10(6-11)14-8-13-9-15-16-18(13)2/h9-12,14H,3-8H2,1-2H3. The zero-order valence-electron chi connectivity index (χ0n) is 11.3. The zero-order valence-corrected chi connectivity index (χ0v) is 11.3. The van der Waals surface area contributed by atoms with Crippen LogP contribution in [0.5, 0.6) is 0 Å². The topological polar surface area (TPSA) is 46.0 Å². The van der Waals surface area contributed by atoms with Crippen LogP contribution in [-0.4, -0.2) is 45.1 Å². The van der Waals surface area contributed by atoms with E-state index in [0.717, 1.165) is 18.6 Å². The fraction of sp³-hybridized carbons (Fsp3) is 0.846. The van der Waals surface area contributed by atoms with E-state index >= 15 is 0 Å². The SMILES string of the molecule is CN1C2CCCC1CC(NCc1cnnn1C)C2. The Kier molecular flexibility index (Phi) is 3.35. The van der Waals surface area contributed by atoms with Crippen LogP contribution in [0.15, 0.2) is 6.20 Å². The van der Waals surface area contributed by atoms with Gasteiger partial charge in [-0.1, -0.05) is 11.6 Å². The van der Waals surface area contributed by atoms with Gasteiger partial charge in [0.2, 0.25) is 0 Å². The number of nitrogens with one attached hydrogen (secondary N) is 1. The van der Waals surface area contributed by atoms with Crippen LogP contribution in [-0.2, 0) is 13.6 Å². The van der Waals surface area contributed by atoms with Crippen LogP contribution in [0.4, 0.5) is 0 Å². The molecule has 3 rings (SSSR count). The molecule has 100 valence electrons. The van der Waals surface area contributed by atoms with Crippen molar-refractivity contribution in [2.75, 3.05) is 7.05 Å². The monoisotopic (exact) mass is 249 g/mol. The summed E-state index contributed by atoms with van der Waals surface area (Å²) in [4.78, 5) is 2.60. The largest absolute Gasteiger partial charge is 0.308 e. The fourth-order valence-electron chi connectivity index (χ4n) is 3.50. The molecule has 0 amide bonds. The van der Waals surface area contributed by atoms with E-state index in [2.05, 4.69) is 27.6 Å². The number of fused-ring (bicyclic) bond motifs is 2. The van der Waals surface area contributed by atoms with Crippen molar-refractivity contribution in [3.05, 3.63) is 11.9 Å². The van der Waals surface area contributed by atoms with Gasteiger partial charge in [0.15, 0.2) is 0 Å². The summed E-state index contributed by atoms with van der Waals surface area (Å²) in [6.07, 6.45) is 8.59. The molecule has 2 aliphatic heterocycles. The van der Waals surface area contributed by atoms with Gasteiger partial charge in [-0.2, -0.15) is 0 Å². The molecule has 2 fully saturated rings. The third-order valence-electron chi connectivity index (χ3n) is 4.72. The molecular weight excluding hydrogens is 226 g/mol. The first-order chi connectivity index (χ1) is 8.74. The van der Waals surface area contributed by atoms with Crippen LogP contribution < -0.4 is 5.32 Å². The minimum Gasteiger partial charge on any atom is -0.308 e. The molecule has 1 aromatic heterocycles. The number of piperidine rings is 2. The minimum absolute atomic E-state index is 0.659. The first-order valence-corrected chi connectivity index (χ1v) is 7.03. The van der Waals surface area contributed by atoms with Crippen LogP contribution in [0.1, 0.15) is 37.8 Å². The lowest BCUT2D eigenvalue weighted by molar-refractivity contribution is 0.0481. The number of nitrogens with zero attached hydrogens (tertiary/aromatic N) is 4. The maximum atomic E-state index is 3.97. The number of hydrogen-bond acceptors (Lipinski definition) is 4. The Labute approximate surface area is 109 Å². The maximum Gasteiger partial charge on any atom is 0.0738 e. The first kappa shape index (κ1) is 12.1. The summed E-state index contributed by atoms with van der Waals surface area (Å²) in [5.74, 6) is 0. The second-order valence-corrected chi connectivity index (χ2v) is 5.80. The van der Waals surface area contributed by atoms with E-state index in [-0.39, 0.29) is 0 Å². The smallest absolute Gasteiger partial charge is 0.0738 e. The molecular formula is C13H23N5. The maximum absolute atomic E-state index is 3.97. The number of aromatic nitrogens is 3. The number of hydrogen-bond donors (Lipinski definition) is 1. The summed E-state index contributed by atoms with van der Waals surface area (Å²) in [7, 11) is 4.25. The molecule has 5 nitrogen and oxygen atoms in total. The minimum atomic E-state index is 0.659. The third kappa shape index (κ3) is 2.29. The second kappa shape index (κ2) is 4.97. The normalized spacial score (nSPS) is 32.7. The highest BCUT2D eigenvalue weighted by molar-refractivity contribution is 4.97. The lowest BCUT2D eigenvalue weighted by atomic mass is 9.82. The highest BCUT2D eigenvalue weighted by atomic mass is 15.4. The van der Waals surface area contributed by atoms with E-state index in [0.29, 0.717) is 6.04 Å². The molecule has 0 aromatic carbocycles. The molecule has 1 aromatic rings. The lowest BCUT2D eigenvalue weighted by Crippen LogP contribution is -2.54. The molecule has 18 heavy (non-hydrogen) atoms. The predicted molar refractivity (Wildman–Crippen MR) is 70.1 cm³/mol. The predicted octanol–water partition coefficient (Wildman–Crippen LogP) is 0.920. The Hall–Kier alpha value is -0.940. The molecule has 5 heteroatoms. The molecule has 0 spiro atoms. The Bertz CT molecular complexity index is 388. The Balaban J connectivity index is 1.57. The highest BCUT2D eigenvalue weighted by Crippen LogP contribution is 2.32. The van der Waals surface area contributed by atoms with Crippen molar-refractivity contribution in [3.63, 3.8) is 0 Å². The summed E-state index contributed by atoms with van der Waals surface area (Å²) in [6, 6.07) is 2.24. The summed E-state index contributed by atoms with van der Waals surface area (Å²) >= 11 is 0. The van der Waals surface area contributed by atoms with E-state index < -0.39 is 0 Å². The molecule has 1 N–H and O–H groups in total. The quantitative estimate of drug-likeness (QED) is 0.865. The molecule has 0 saturated carbocycles.